The molecule has 4 aromatic rings. The number of halogens is 1. The van der Waals surface area contributed by atoms with E-state index in [0.29, 0.717) is 22.0 Å². The summed E-state index contributed by atoms with van der Waals surface area (Å²) in [4.78, 5) is 27.0. The molecule has 0 aliphatic carbocycles. The second-order valence-electron chi connectivity index (χ2n) is 6.37. The zero-order chi connectivity index (χ0) is 20.4. The molecular formula is C20H16BrN5O3. The topological polar surface area (TPSA) is 113 Å². The normalized spacial score (nSPS) is 12.1. The molecule has 1 unspecified atom stereocenters. The van der Waals surface area contributed by atoms with E-state index in [4.69, 9.17) is 0 Å². The zero-order valence-corrected chi connectivity index (χ0v) is 16.6. The van der Waals surface area contributed by atoms with E-state index >= 15 is 0 Å². The zero-order valence-electron chi connectivity index (χ0n) is 15.0. The Hall–Kier alpha value is -3.30. The second kappa shape index (κ2) is 7.98. The van der Waals surface area contributed by atoms with Gasteiger partial charge in [0.2, 0.25) is 0 Å². The van der Waals surface area contributed by atoms with Gasteiger partial charge in [0.1, 0.15) is 0 Å². The summed E-state index contributed by atoms with van der Waals surface area (Å²) in [5.41, 5.74) is 1.23. The molecule has 0 saturated carbocycles. The van der Waals surface area contributed by atoms with Crippen LogP contribution >= 0.6 is 15.9 Å². The summed E-state index contributed by atoms with van der Waals surface area (Å²) < 4.78 is 2.35. The predicted octanol–water partition coefficient (Wildman–Crippen LogP) is 2.33. The van der Waals surface area contributed by atoms with Crippen LogP contribution in [0.1, 0.15) is 22.2 Å². The van der Waals surface area contributed by atoms with Crippen LogP contribution in [0.3, 0.4) is 0 Å². The van der Waals surface area contributed by atoms with Gasteiger partial charge < -0.3 is 15.4 Å². The Morgan fingerprint density at radius 2 is 1.97 bits per heavy atom. The molecule has 1 atom stereocenters. The van der Waals surface area contributed by atoms with Gasteiger partial charge in [-0.05, 0) is 35.9 Å². The Morgan fingerprint density at radius 1 is 1.17 bits per heavy atom. The van der Waals surface area contributed by atoms with Crippen molar-refractivity contribution < 1.29 is 9.90 Å². The van der Waals surface area contributed by atoms with E-state index in [1.807, 2.05) is 12.1 Å². The molecule has 0 aliphatic rings. The molecule has 29 heavy (non-hydrogen) atoms. The van der Waals surface area contributed by atoms with Gasteiger partial charge in [0.15, 0.2) is 5.69 Å². The van der Waals surface area contributed by atoms with Crippen molar-refractivity contribution in [1.82, 2.24) is 25.3 Å². The lowest BCUT2D eigenvalue weighted by molar-refractivity contribution is 0.0911. The van der Waals surface area contributed by atoms with Crippen molar-refractivity contribution in [2.75, 3.05) is 6.54 Å². The first-order valence-electron chi connectivity index (χ1n) is 8.78. The molecular weight excluding hydrogens is 438 g/mol. The number of aromatic nitrogens is 4. The number of benzene rings is 2. The van der Waals surface area contributed by atoms with Crippen LogP contribution in [0.15, 0.2) is 70.2 Å². The molecule has 0 bridgehead atoms. The fourth-order valence-corrected chi connectivity index (χ4v) is 3.24. The number of rotatable bonds is 5. The van der Waals surface area contributed by atoms with Crippen molar-refractivity contribution in [3.05, 3.63) is 87.0 Å². The van der Waals surface area contributed by atoms with Gasteiger partial charge in [-0.3, -0.25) is 9.59 Å². The van der Waals surface area contributed by atoms with Crippen LogP contribution < -0.4 is 10.9 Å². The number of hydrogen-bond donors (Lipinski definition) is 3. The molecule has 1 amide bonds. The minimum Gasteiger partial charge on any atom is -0.387 e. The molecule has 0 aliphatic heterocycles. The SMILES string of the molecule is O=C(NCC(O)c1ccc(Br)cc1)c1cn(-c2cccc3c(=O)[nH]ccc23)nn1. The smallest absolute Gasteiger partial charge is 0.273 e. The fourth-order valence-electron chi connectivity index (χ4n) is 2.97. The van der Waals surface area contributed by atoms with Gasteiger partial charge in [-0.2, -0.15) is 0 Å². The summed E-state index contributed by atoms with van der Waals surface area (Å²) in [6, 6.07) is 14.2. The number of aromatic amines is 1. The summed E-state index contributed by atoms with van der Waals surface area (Å²) in [6.45, 7) is 0.0387. The molecule has 146 valence electrons. The lowest BCUT2D eigenvalue weighted by Crippen LogP contribution is -2.28. The van der Waals surface area contributed by atoms with Crippen molar-refractivity contribution in [2.45, 2.75) is 6.10 Å². The first-order valence-corrected chi connectivity index (χ1v) is 9.57. The largest absolute Gasteiger partial charge is 0.387 e. The van der Waals surface area contributed by atoms with Gasteiger partial charge in [0, 0.05) is 28.0 Å². The maximum atomic E-state index is 12.4. The fraction of sp³-hybridized carbons (Fsp3) is 0.100. The van der Waals surface area contributed by atoms with E-state index < -0.39 is 12.0 Å². The molecule has 2 aromatic heterocycles. The van der Waals surface area contributed by atoms with Gasteiger partial charge in [-0.1, -0.05) is 39.3 Å². The summed E-state index contributed by atoms with van der Waals surface area (Å²) >= 11 is 3.34. The molecule has 0 spiro atoms. The number of fused-ring (bicyclic) bond motifs is 1. The highest BCUT2D eigenvalue weighted by Gasteiger charge is 2.15. The predicted molar refractivity (Wildman–Crippen MR) is 111 cm³/mol. The monoisotopic (exact) mass is 453 g/mol. The highest BCUT2D eigenvalue weighted by atomic mass is 79.9. The Labute approximate surface area is 173 Å². The molecule has 0 saturated heterocycles. The molecule has 8 nitrogen and oxygen atoms in total. The van der Waals surface area contributed by atoms with Gasteiger partial charge in [0.25, 0.3) is 11.5 Å². The third kappa shape index (κ3) is 3.96. The van der Waals surface area contributed by atoms with Crippen molar-refractivity contribution >= 4 is 32.6 Å². The summed E-state index contributed by atoms with van der Waals surface area (Å²) in [5.74, 6) is -0.453. The van der Waals surface area contributed by atoms with Crippen LogP contribution in [-0.2, 0) is 0 Å². The summed E-state index contributed by atoms with van der Waals surface area (Å²) in [5, 5.41) is 22.0. The van der Waals surface area contributed by atoms with Crippen molar-refractivity contribution in [2.24, 2.45) is 0 Å². The number of amides is 1. The van der Waals surface area contributed by atoms with Crippen molar-refractivity contribution in [3.8, 4) is 5.69 Å². The van der Waals surface area contributed by atoms with Gasteiger partial charge in [-0.25, -0.2) is 4.68 Å². The van der Waals surface area contributed by atoms with Crippen LogP contribution in [0.25, 0.3) is 16.5 Å². The Kier molecular flexibility index (Phi) is 5.24. The van der Waals surface area contributed by atoms with Gasteiger partial charge >= 0.3 is 0 Å². The minimum atomic E-state index is -0.841. The van der Waals surface area contributed by atoms with Gasteiger partial charge in [-0.15, -0.1) is 5.10 Å². The average molecular weight is 454 g/mol. The lowest BCUT2D eigenvalue weighted by Gasteiger charge is -2.11. The number of pyridine rings is 1. The lowest BCUT2D eigenvalue weighted by atomic mass is 10.1. The van der Waals surface area contributed by atoms with Crippen LogP contribution in [0.4, 0.5) is 0 Å². The van der Waals surface area contributed by atoms with Crippen LogP contribution in [0.5, 0.6) is 0 Å². The number of nitrogens with one attached hydrogen (secondary N) is 2. The standard InChI is InChI=1S/C20H16BrN5O3/c21-13-6-4-12(5-7-13)18(27)10-23-20(29)16-11-26(25-24-16)17-3-1-2-15-14(17)8-9-22-19(15)28/h1-9,11,18,27H,10H2,(H,22,28)(H,23,29). The molecule has 3 N–H and O–H groups in total. The number of nitrogens with zero attached hydrogens (tertiary/aromatic N) is 3. The van der Waals surface area contributed by atoms with E-state index in [1.165, 1.54) is 10.9 Å². The van der Waals surface area contributed by atoms with E-state index in [-0.39, 0.29) is 17.8 Å². The molecule has 9 heteroatoms. The maximum Gasteiger partial charge on any atom is 0.273 e. The number of carbonyl (C=O) groups is 1. The summed E-state index contributed by atoms with van der Waals surface area (Å²) in [6.07, 6.45) is 2.20. The highest BCUT2D eigenvalue weighted by molar-refractivity contribution is 9.10. The average Bonchev–Trinajstić information content (AvgIpc) is 3.22. The third-order valence-corrected chi connectivity index (χ3v) is 5.00. The number of hydrogen-bond acceptors (Lipinski definition) is 5. The quantitative estimate of drug-likeness (QED) is 0.429. The second-order valence-corrected chi connectivity index (χ2v) is 7.29. The first-order chi connectivity index (χ1) is 14.0. The van der Waals surface area contributed by atoms with E-state index in [1.54, 1.807) is 42.6 Å². The maximum absolute atomic E-state index is 12.4. The van der Waals surface area contributed by atoms with Crippen molar-refractivity contribution in [3.63, 3.8) is 0 Å². The van der Waals surface area contributed by atoms with Crippen LogP contribution in [0.2, 0.25) is 0 Å². The van der Waals surface area contributed by atoms with E-state index in [0.717, 1.165) is 4.47 Å². The Bertz CT molecular complexity index is 1230. The third-order valence-electron chi connectivity index (χ3n) is 4.48. The first kappa shape index (κ1) is 19.0. The number of aliphatic hydroxyl groups is 1. The van der Waals surface area contributed by atoms with Crippen molar-refractivity contribution in [1.29, 1.82) is 0 Å². The molecule has 0 radical (unpaired) electrons. The number of carbonyl (C=O) groups excluding carboxylic acids is 1. The Morgan fingerprint density at radius 3 is 2.76 bits per heavy atom. The van der Waals surface area contributed by atoms with Crippen LogP contribution in [0, 0.1) is 0 Å². The summed E-state index contributed by atoms with van der Waals surface area (Å²) in [7, 11) is 0. The minimum absolute atomic E-state index is 0.0387. The number of H-pyrrole nitrogens is 1. The van der Waals surface area contributed by atoms with E-state index in [9.17, 15) is 14.7 Å². The molecule has 0 fully saturated rings. The molecule has 2 aromatic carbocycles. The number of aliphatic hydroxyl groups excluding tert-OH is 1. The molecule has 4 rings (SSSR count). The van der Waals surface area contributed by atoms with Crippen LogP contribution in [-0.4, -0.2) is 37.5 Å². The van der Waals surface area contributed by atoms with E-state index in [2.05, 4.69) is 36.5 Å². The van der Waals surface area contributed by atoms with Gasteiger partial charge in [0.05, 0.1) is 18.0 Å². The Balaban J connectivity index is 1.51. The molecule has 2 heterocycles. The highest BCUT2D eigenvalue weighted by Crippen LogP contribution is 2.19.